The second kappa shape index (κ2) is 6.09. The highest BCUT2D eigenvalue weighted by Crippen LogP contribution is 2.24. The van der Waals surface area contributed by atoms with Gasteiger partial charge in [-0.2, -0.15) is 0 Å². The van der Waals surface area contributed by atoms with Crippen molar-refractivity contribution in [2.45, 2.75) is 26.3 Å². The molecule has 0 unspecified atom stereocenters. The summed E-state index contributed by atoms with van der Waals surface area (Å²) in [5, 5.41) is 7.32. The summed E-state index contributed by atoms with van der Waals surface area (Å²) in [5.41, 5.74) is 6.76. The third-order valence-corrected chi connectivity index (χ3v) is 3.46. The smallest absolute Gasteiger partial charge is 0.189 e. The number of guanidine groups is 1. The lowest BCUT2D eigenvalue weighted by Crippen LogP contribution is -2.45. The SMILES string of the molecule is CC(C)(C)NC(N)=NCCNc1nc2ccccc2s1. The Kier molecular flexibility index (Phi) is 4.44. The molecule has 0 saturated heterocycles. The van der Waals surface area contributed by atoms with Crippen LogP contribution in [-0.4, -0.2) is 29.6 Å². The fourth-order valence-electron chi connectivity index (χ4n) is 1.71. The van der Waals surface area contributed by atoms with Crippen LogP contribution in [0, 0.1) is 0 Å². The summed E-state index contributed by atoms with van der Waals surface area (Å²) in [4.78, 5) is 8.78. The standard InChI is InChI=1S/C14H21N5S/c1-14(2,3)19-12(15)16-8-9-17-13-18-10-6-4-5-7-11(10)20-13/h4-7H,8-9H2,1-3H3,(H,17,18)(H3,15,16,19). The van der Waals surface area contributed by atoms with E-state index < -0.39 is 0 Å². The number of benzene rings is 1. The van der Waals surface area contributed by atoms with Gasteiger partial charge in [-0.15, -0.1) is 0 Å². The Balaban J connectivity index is 1.82. The van der Waals surface area contributed by atoms with Crippen LogP contribution < -0.4 is 16.4 Å². The number of aromatic nitrogens is 1. The molecule has 0 aliphatic carbocycles. The number of anilines is 1. The predicted octanol–water partition coefficient (Wildman–Crippen LogP) is 2.41. The van der Waals surface area contributed by atoms with Gasteiger partial charge < -0.3 is 16.4 Å². The average molecular weight is 291 g/mol. The summed E-state index contributed by atoms with van der Waals surface area (Å²) in [6.07, 6.45) is 0. The maximum atomic E-state index is 5.80. The molecule has 4 N–H and O–H groups in total. The molecule has 2 aromatic rings. The predicted molar refractivity (Wildman–Crippen MR) is 87.5 cm³/mol. The number of nitrogens with two attached hydrogens (primary N) is 1. The van der Waals surface area contributed by atoms with Crippen molar-refractivity contribution in [2.75, 3.05) is 18.4 Å². The van der Waals surface area contributed by atoms with Crippen LogP contribution in [0.2, 0.25) is 0 Å². The van der Waals surface area contributed by atoms with E-state index >= 15 is 0 Å². The van der Waals surface area contributed by atoms with Crippen LogP contribution in [0.25, 0.3) is 10.2 Å². The largest absolute Gasteiger partial charge is 0.370 e. The Morgan fingerprint density at radius 1 is 1.35 bits per heavy atom. The Morgan fingerprint density at radius 3 is 2.80 bits per heavy atom. The van der Waals surface area contributed by atoms with Crippen molar-refractivity contribution in [3.63, 3.8) is 0 Å². The van der Waals surface area contributed by atoms with Crippen molar-refractivity contribution in [3.8, 4) is 0 Å². The molecule has 2 rings (SSSR count). The maximum Gasteiger partial charge on any atom is 0.189 e. The van der Waals surface area contributed by atoms with E-state index in [2.05, 4.69) is 47.4 Å². The van der Waals surface area contributed by atoms with Gasteiger partial charge in [0.15, 0.2) is 11.1 Å². The van der Waals surface area contributed by atoms with Gasteiger partial charge in [-0.1, -0.05) is 23.5 Å². The molecule has 0 spiro atoms. The second-order valence-electron chi connectivity index (χ2n) is 5.56. The number of nitrogens with zero attached hydrogens (tertiary/aromatic N) is 2. The van der Waals surface area contributed by atoms with Gasteiger partial charge >= 0.3 is 0 Å². The van der Waals surface area contributed by atoms with Crippen LogP contribution in [-0.2, 0) is 0 Å². The molecule has 20 heavy (non-hydrogen) atoms. The van der Waals surface area contributed by atoms with E-state index in [1.165, 1.54) is 4.70 Å². The molecule has 6 heteroatoms. The van der Waals surface area contributed by atoms with E-state index in [1.54, 1.807) is 11.3 Å². The Bertz CT molecular complexity index is 564. The van der Waals surface area contributed by atoms with Gasteiger partial charge in [0.2, 0.25) is 0 Å². The third-order valence-electron chi connectivity index (χ3n) is 2.47. The number of thiazole rings is 1. The van der Waals surface area contributed by atoms with Crippen molar-refractivity contribution in [1.82, 2.24) is 10.3 Å². The zero-order valence-corrected chi connectivity index (χ0v) is 12.9. The molecule has 0 aliphatic heterocycles. The Labute approximate surface area is 123 Å². The summed E-state index contributed by atoms with van der Waals surface area (Å²) in [7, 11) is 0. The topological polar surface area (TPSA) is 75.3 Å². The molecule has 0 fully saturated rings. The van der Waals surface area contributed by atoms with E-state index in [9.17, 15) is 0 Å². The number of aliphatic imine (C=N–C) groups is 1. The van der Waals surface area contributed by atoms with Crippen molar-refractivity contribution < 1.29 is 0 Å². The summed E-state index contributed by atoms with van der Waals surface area (Å²) in [6, 6.07) is 8.10. The number of rotatable bonds is 4. The van der Waals surface area contributed by atoms with Gasteiger partial charge in [0.25, 0.3) is 0 Å². The summed E-state index contributed by atoms with van der Waals surface area (Å²) in [5.74, 6) is 0.476. The fourth-order valence-corrected chi connectivity index (χ4v) is 2.60. The van der Waals surface area contributed by atoms with Gasteiger partial charge in [0.05, 0.1) is 16.8 Å². The lowest BCUT2D eigenvalue weighted by atomic mass is 10.1. The van der Waals surface area contributed by atoms with Crippen molar-refractivity contribution >= 4 is 32.6 Å². The lowest BCUT2D eigenvalue weighted by Gasteiger charge is -2.20. The number of nitrogens with one attached hydrogen (secondary N) is 2. The number of hydrogen-bond acceptors (Lipinski definition) is 4. The van der Waals surface area contributed by atoms with Crippen molar-refractivity contribution in [3.05, 3.63) is 24.3 Å². The third kappa shape index (κ3) is 4.38. The van der Waals surface area contributed by atoms with Crippen LogP contribution in [0.1, 0.15) is 20.8 Å². The highest BCUT2D eigenvalue weighted by molar-refractivity contribution is 7.22. The van der Waals surface area contributed by atoms with Crippen LogP contribution in [0.5, 0.6) is 0 Å². The van der Waals surface area contributed by atoms with Gasteiger partial charge in [-0.05, 0) is 32.9 Å². The summed E-state index contributed by atoms with van der Waals surface area (Å²) >= 11 is 1.65. The number of fused-ring (bicyclic) bond motifs is 1. The molecule has 0 aliphatic rings. The van der Waals surface area contributed by atoms with Crippen molar-refractivity contribution in [2.24, 2.45) is 10.7 Å². The molecule has 0 bridgehead atoms. The summed E-state index contributed by atoms with van der Waals surface area (Å²) < 4.78 is 1.19. The molecule has 5 nitrogen and oxygen atoms in total. The van der Waals surface area contributed by atoms with Gasteiger partial charge in [-0.25, -0.2) is 4.98 Å². The quantitative estimate of drug-likeness (QED) is 0.459. The second-order valence-corrected chi connectivity index (χ2v) is 6.59. The Morgan fingerprint density at radius 2 is 2.10 bits per heavy atom. The normalized spacial score (nSPS) is 12.7. The molecule has 1 aromatic heterocycles. The number of hydrogen-bond donors (Lipinski definition) is 3. The van der Waals surface area contributed by atoms with Gasteiger partial charge in [-0.3, -0.25) is 4.99 Å². The minimum absolute atomic E-state index is 0.0615. The summed E-state index contributed by atoms with van der Waals surface area (Å²) in [6.45, 7) is 7.48. The molecular weight excluding hydrogens is 270 g/mol. The first-order chi connectivity index (χ1) is 9.44. The van der Waals surface area contributed by atoms with Gasteiger partial charge in [0.1, 0.15) is 0 Å². The van der Waals surface area contributed by atoms with E-state index in [4.69, 9.17) is 5.73 Å². The van der Waals surface area contributed by atoms with E-state index in [0.717, 1.165) is 10.6 Å². The molecule has 0 atom stereocenters. The molecule has 108 valence electrons. The molecule has 0 amide bonds. The van der Waals surface area contributed by atoms with Crippen molar-refractivity contribution in [1.29, 1.82) is 0 Å². The van der Waals surface area contributed by atoms with E-state index in [0.29, 0.717) is 19.0 Å². The minimum atomic E-state index is -0.0615. The fraction of sp³-hybridized carbons (Fsp3) is 0.429. The first kappa shape index (κ1) is 14.6. The first-order valence-corrected chi connectivity index (χ1v) is 7.43. The monoisotopic (exact) mass is 291 g/mol. The molecule has 0 saturated carbocycles. The zero-order valence-electron chi connectivity index (χ0n) is 12.1. The molecule has 0 radical (unpaired) electrons. The zero-order chi connectivity index (χ0) is 14.6. The number of para-hydroxylation sites is 1. The Hall–Kier alpha value is -1.82. The maximum absolute atomic E-state index is 5.80. The molecule has 1 heterocycles. The van der Waals surface area contributed by atoms with Crippen LogP contribution >= 0.6 is 11.3 Å². The molecular formula is C14H21N5S. The van der Waals surface area contributed by atoms with E-state index in [1.807, 2.05) is 18.2 Å². The average Bonchev–Trinajstić information content (AvgIpc) is 2.75. The van der Waals surface area contributed by atoms with Crippen LogP contribution in [0.15, 0.2) is 29.3 Å². The first-order valence-electron chi connectivity index (χ1n) is 6.61. The highest BCUT2D eigenvalue weighted by atomic mass is 32.1. The lowest BCUT2D eigenvalue weighted by molar-refractivity contribution is 0.508. The van der Waals surface area contributed by atoms with E-state index in [-0.39, 0.29) is 5.54 Å². The van der Waals surface area contributed by atoms with Gasteiger partial charge in [0, 0.05) is 12.1 Å². The minimum Gasteiger partial charge on any atom is -0.370 e. The molecule has 1 aromatic carbocycles. The van der Waals surface area contributed by atoms with Crippen LogP contribution in [0.4, 0.5) is 5.13 Å². The highest BCUT2D eigenvalue weighted by Gasteiger charge is 2.09. The van der Waals surface area contributed by atoms with Crippen LogP contribution in [0.3, 0.4) is 0 Å².